The lowest BCUT2D eigenvalue weighted by Gasteiger charge is -2.17. The Morgan fingerprint density at radius 1 is 1.38 bits per heavy atom. The van der Waals surface area contributed by atoms with Crippen molar-refractivity contribution < 1.29 is 18.0 Å². The maximum absolute atomic E-state index is 11.3. The van der Waals surface area contributed by atoms with E-state index in [0.29, 0.717) is 6.61 Å². The number of hydrogen-bond acceptors (Lipinski definition) is 4. The molecule has 0 radical (unpaired) electrons. The number of hydrogen-bond donors (Lipinski definition) is 1. The Bertz CT molecular complexity index is 320. The lowest BCUT2D eigenvalue weighted by atomic mass is 10.1. The van der Waals surface area contributed by atoms with Gasteiger partial charge in [-0.2, -0.15) is 0 Å². The molecule has 1 aliphatic heterocycles. The molecule has 6 heteroatoms. The maximum Gasteiger partial charge on any atom is 0.182 e. The van der Waals surface area contributed by atoms with E-state index in [-0.39, 0.29) is 23.5 Å². The van der Waals surface area contributed by atoms with Gasteiger partial charge in [0.05, 0.1) is 17.6 Å². The zero-order valence-electron chi connectivity index (χ0n) is 10.3. The molecule has 1 fully saturated rings. The van der Waals surface area contributed by atoms with Crippen molar-refractivity contribution in [2.75, 3.05) is 18.1 Å². The fraction of sp³-hybridized carbons (Fsp3) is 1.00. The van der Waals surface area contributed by atoms with Gasteiger partial charge < -0.3 is 9.53 Å². The Balaban J connectivity index is 2.24. The highest BCUT2D eigenvalue weighted by molar-refractivity contribution is 7.91. The second-order valence-corrected chi connectivity index (χ2v) is 11.7. The Kier molecular flexibility index (Phi) is 4.56. The predicted octanol–water partition coefficient (Wildman–Crippen LogP) is 1.02. The molecule has 4 nitrogen and oxygen atoms in total. The van der Waals surface area contributed by atoms with Gasteiger partial charge in [-0.05, 0) is 31.5 Å². The van der Waals surface area contributed by atoms with Gasteiger partial charge in [-0.1, -0.05) is 6.92 Å². The molecule has 0 aliphatic carbocycles. The smallest absolute Gasteiger partial charge is 0.182 e. The molecule has 0 aromatic carbocycles. The fourth-order valence-electron chi connectivity index (χ4n) is 1.94. The van der Waals surface area contributed by atoms with E-state index in [1.807, 2.05) is 20.0 Å². The zero-order valence-corrected chi connectivity index (χ0v) is 12.1. The molecule has 2 unspecified atom stereocenters. The Morgan fingerprint density at radius 2 is 2.00 bits per heavy atom. The second-order valence-electron chi connectivity index (χ2n) is 5.38. The summed E-state index contributed by atoms with van der Waals surface area (Å²) in [6.07, 6.45) is 0.674. The lowest BCUT2D eigenvalue weighted by molar-refractivity contribution is 0.0448. The average Bonchev–Trinajstić information content (AvgIpc) is 2.32. The second kappa shape index (κ2) is 5.16. The molecule has 0 spiro atoms. The molecule has 96 valence electrons. The quantitative estimate of drug-likeness (QED) is 0.596. The minimum atomic E-state index is -2.88. The summed E-state index contributed by atoms with van der Waals surface area (Å²) in [6.45, 7) is 6.27. The molecule has 1 heterocycles. The standard InChI is InChI=1S/C10H22O4SSi/c1-9-7-15(11,12)8-10(9)14-5-4-6-16(2,3)13/h9-10,13H,4-8H2,1-3H3. The largest absolute Gasteiger partial charge is 0.432 e. The van der Waals surface area contributed by atoms with Crippen LogP contribution in [-0.4, -0.2) is 45.7 Å². The molecule has 1 rings (SSSR count). The fourth-order valence-corrected chi connectivity index (χ4v) is 5.03. The molecule has 0 aromatic heterocycles. The van der Waals surface area contributed by atoms with Crippen LogP contribution < -0.4 is 0 Å². The van der Waals surface area contributed by atoms with Crippen LogP contribution in [0, 0.1) is 5.92 Å². The van der Waals surface area contributed by atoms with Gasteiger partial charge in [-0.25, -0.2) is 8.42 Å². The highest BCUT2D eigenvalue weighted by atomic mass is 32.2. The summed E-state index contributed by atoms with van der Waals surface area (Å²) in [5.41, 5.74) is 0. The number of rotatable bonds is 5. The SMILES string of the molecule is CC1CS(=O)(=O)CC1OCCC[Si](C)(C)O. The van der Waals surface area contributed by atoms with Crippen LogP contribution in [0.15, 0.2) is 0 Å². The topological polar surface area (TPSA) is 63.6 Å². The van der Waals surface area contributed by atoms with Crippen LogP contribution in [0.3, 0.4) is 0 Å². The van der Waals surface area contributed by atoms with Crippen LogP contribution in [0.25, 0.3) is 0 Å². The minimum absolute atomic E-state index is 0.101. The zero-order chi connectivity index (χ0) is 12.4. The van der Waals surface area contributed by atoms with Crippen molar-refractivity contribution >= 4 is 18.2 Å². The Hall–Kier alpha value is 0.0869. The molecule has 2 atom stereocenters. The van der Waals surface area contributed by atoms with Gasteiger partial charge in [0.15, 0.2) is 18.2 Å². The van der Waals surface area contributed by atoms with E-state index in [1.165, 1.54) is 0 Å². The minimum Gasteiger partial charge on any atom is -0.432 e. The first-order valence-corrected chi connectivity index (χ1v) is 10.7. The van der Waals surface area contributed by atoms with Crippen molar-refractivity contribution in [3.63, 3.8) is 0 Å². The van der Waals surface area contributed by atoms with E-state index in [2.05, 4.69) is 0 Å². The molecular weight excluding hydrogens is 244 g/mol. The molecule has 0 saturated carbocycles. The third-order valence-corrected chi connectivity index (χ3v) is 6.28. The predicted molar refractivity (Wildman–Crippen MR) is 66.7 cm³/mol. The van der Waals surface area contributed by atoms with E-state index in [1.54, 1.807) is 0 Å². The van der Waals surface area contributed by atoms with Crippen molar-refractivity contribution in [1.82, 2.24) is 0 Å². The first kappa shape index (κ1) is 14.1. The van der Waals surface area contributed by atoms with Crippen LogP contribution in [-0.2, 0) is 14.6 Å². The molecule has 0 aromatic rings. The van der Waals surface area contributed by atoms with Gasteiger partial charge in [0.25, 0.3) is 0 Å². The highest BCUT2D eigenvalue weighted by Crippen LogP contribution is 2.22. The van der Waals surface area contributed by atoms with Crippen LogP contribution in [0.4, 0.5) is 0 Å². The first-order valence-electron chi connectivity index (χ1n) is 5.74. The Morgan fingerprint density at radius 3 is 2.44 bits per heavy atom. The third kappa shape index (κ3) is 4.95. The average molecular weight is 266 g/mol. The van der Waals surface area contributed by atoms with Crippen LogP contribution >= 0.6 is 0 Å². The molecule has 1 N–H and O–H groups in total. The van der Waals surface area contributed by atoms with E-state index >= 15 is 0 Å². The molecule has 1 saturated heterocycles. The summed E-state index contributed by atoms with van der Waals surface area (Å²) >= 11 is 0. The molecular formula is C10H22O4SSi. The summed E-state index contributed by atoms with van der Waals surface area (Å²) in [6, 6.07) is 0.806. The summed E-state index contributed by atoms with van der Waals surface area (Å²) < 4.78 is 28.2. The van der Waals surface area contributed by atoms with Gasteiger partial charge in [0.1, 0.15) is 0 Å². The van der Waals surface area contributed by atoms with Crippen molar-refractivity contribution in [3.8, 4) is 0 Å². The van der Waals surface area contributed by atoms with Gasteiger partial charge in [0, 0.05) is 6.61 Å². The maximum atomic E-state index is 11.3. The molecule has 1 aliphatic rings. The monoisotopic (exact) mass is 266 g/mol. The van der Waals surface area contributed by atoms with Crippen molar-refractivity contribution in [2.45, 2.75) is 38.6 Å². The van der Waals surface area contributed by atoms with Gasteiger partial charge in [0.2, 0.25) is 0 Å². The molecule has 0 amide bonds. The Labute approximate surface area is 99.1 Å². The van der Waals surface area contributed by atoms with Crippen LogP contribution in [0.1, 0.15) is 13.3 Å². The highest BCUT2D eigenvalue weighted by Gasteiger charge is 2.35. The van der Waals surface area contributed by atoms with Crippen molar-refractivity contribution in [2.24, 2.45) is 5.92 Å². The van der Waals surface area contributed by atoms with Crippen LogP contribution in [0.5, 0.6) is 0 Å². The normalized spacial score (nSPS) is 29.5. The van der Waals surface area contributed by atoms with Gasteiger partial charge in [-0.15, -0.1) is 0 Å². The third-order valence-electron chi connectivity index (χ3n) is 2.83. The lowest BCUT2D eigenvalue weighted by Crippen LogP contribution is -2.26. The molecule has 16 heavy (non-hydrogen) atoms. The summed E-state index contributed by atoms with van der Waals surface area (Å²) in [5, 5.41) is 0. The summed E-state index contributed by atoms with van der Waals surface area (Å²) in [5.74, 6) is 0.510. The van der Waals surface area contributed by atoms with E-state index in [4.69, 9.17) is 4.74 Å². The van der Waals surface area contributed by atoms with Crippen molar-refractivity contribution in [3.05, 3.63) is 0 Å². The van der Waals surface area contributed by atoms with E-state index < -0.39 is 18.2 Å². The van der Waals surface area contributed by atoms with E-state index in [9.17, 15) is 13.2 Å². The first-order chi connectivity index (χ1) is 7.20. The summed E-state index contributed by atoms with van der Waals surface area (Å²) in [4.78, 5) is 9.63. The van der Waals surface area contributed by atoms with Crippen LogP contribution in [0.2, 0.25) is 19.1 Å². The number of sulfone groups is 1. The van der Waals surface area contributed by atoms with Gasteiger partial charge >= 0.3 is 0 Å². The van der Waals surface area contributed by atoms with Gasteiger partial charge in [-0.3, -0.25) is 0 Å². The van der Waals surface area contributed by atoms with E-state index in [0.717, 1.165) is 12.5 Å². The molecule has 0 bridgehead atoms. The number of ether oxygens (including phenoxy) is 1. The summed E-state index contributed by atoms with van der Waals surface area (Å²) in [7, 11) is -4.85. The van der Waals surface area contributed by atoms with Crippen molar-refractivity contribution in [1.29, 1.82) is 0 Å².